The number of carbonyl (C=O) groups excluding carboxylic acids is 3. The van der Waals surface area contributed by atoms with Crippen LogP contribution in [-0.2, 0) is 19.1 Å². The molecular weight excluding hydrogens is 446 g/mol. The number of ketones is 1. The van der Waals surface area contributed by atoms with E-state index >= 15 is 0 Å². The smallest absolute Gasteiger partial charge is 0.354 e. The van der Waals surface area contributed by atoms with Crippen LogP contribution < -0.4 is 0 Å². The summed E-state index contributed by atoms with van der Waals surface area (Å²) >= 11 is 1.42. The third-order valence-corrected chi connectivity index (χ3v) is 7.10. The van der Waals surface area contributed by atoms with Crippen molar-refractivity contribution in [3.63, 3.8) is 0 Å². The Balaban J connectivity index is 1.75. The zero-order valence-electron chi connectivity index (χ0n) is 18.8. The van der Waals surface area contributed by atoms with Crippen LogP contribution in [0.25, 0.3) is 5.76 Å². The van der Waals surface area contributed by atoms with Gasteiger partial charge in [0, 0.05) is 42.3 Å². The number of likely N-dealkylation sites (tertiary alicyclic amines) is 1. The number of esters is 1. The number of thiophene rings is 1. The molecule has 0 aliphatic carbocycles. The van der Waals surface area contributed by atoms with Gasteiger partial charge in [0.1, 0.15) is 11.5 Å². The van der Waals surface area contributed by atoms with Crippen molar-refractivity contribution in [3.8, 4) is 0 Å². The molecule has 2 aromatic heterocycles. The number of Topliss-reactive ketones (excluding diaryl/α,β-unsaturated/α-hetero) is 1. The van der Waals surface area contributed by atoms with Crippen LogP contribution in [0.2, 0.25) is 0 Å². The average molecular weight is 474 g/mol. The van der Waals surface area contributed by atoms with E-state index in [9.17, 15) is 19.5 Å². The van der Waals surface area contributed by atoms with Crippen LogP contribution in [-0.4, -0.2) is 84.1 Å². The maximum absolute atomic E-state index is 13.2. The molecule has 2 saturated heterocycles. The first-order valence-corrected chi connectivity index (χ1v) is 11.6. The minimum absolute atomic E-state index is 0.0334. The van der Waals surface area contributed by atoms with Gasteiger partial charge in [-0.25, -0.2) is 4.79 Å². The van der Waals surface area contributed by atoms with Crippen molar-refractivity contribution in [1.29, 1.82) is 0 Å². The predicted octanol–water partition coefficient (Wildman–Crippen LogP) is 2.23. The molecule has 10 heteroatoms. The average Bonchev–Trinajstić information content (AvgIpc) is 3.51. The van der Waals surface area contributed by atoms with Crippen molar-refractivity contribution in [2.75, 3.05) is 46.5 Å². The monoisotopic (exact) mass is 473 g/mol. The molecule has 4 heterocycles. The number of hydrogen-bond donors (Lipinski definition) is 2. The van der Waals surface area contributed by atoms with Gasteiger partial charge >= 0.3 is 5.97 Å². The number of carbonyl (C=O) groups is 3. The van der Waals surface area contributed by atoms with Crippen molar-refractivity contribution in [3.05, 3.63) is 50.5 Å². The molecule has 0 radical (unpaired) electrons. The number of ether oxygens (including phenoxy) is 2. The van der Waals surface area contributed by atoms with Gasteiger partial charge < -0.3 is 24.5 Å². The molecule has 4 rings (SSSR count). The molecule has 0 aromatic carbocycles. The van der Waals surface area contributed by atoms with E-state index in [1.807, 2.05) is 17.5 Å². The van der Waals surface area contributed by atoms with E-state index in [0.29, 0.717) is 43.1 Å². The van der Waals surface area contributed by atoms with Crippen LogP contribution in [0, 0.1) is 13.8 Å². The number of aryl methyl sites for hydroxylation is 1. The lowest BCUT2D eigenvalue weighted by atomic mass is 9.97. The summed E-state index contributed by atoms with van der Waals surface area (Å²) in [7, 11) is 1.27. The largest absolute Gasteiger partial charge is 0.507 e. The molecular formula is C23H27N3O6S. The minimum Gasteiger partial charge on any atom is -0.507 e. The van der Waals surface area contributed by atoms with Gasteiger partial charge in [0.05, 0.1) is 31.9 Å². The number of amides is 1. The van der Waals surface area contributed by atoms with Crippen LogP contribution in [0.15, 0.2) is 23.1 Å². The summed E-state index contributed by atoms with van der Waals surface area (Å²) < 4.78 is 10.2. The fourth-order valence-corrected chi connectivity index (χ4v) is 5.32. The maximum atomic E-state index is 13.2. The molecule has 176 valence electrons. The van der Waals surface area contributed by atoms with Gasteiger partial charge in [-0.2, -0.15) is 0 Å². The number of morpholine rings is 1. The highest BCUT2D eigenvalue weighted by Gasteiger charge is 2.47. The molecule has 33 heavy (non-hydrogen) atoms. The Morgan fingerprint density at radius 1 is 1.27 bits per heavy atom. The van der Waals surface area contributed by atoms with Crippen LogP contribution in [0.3, 0.4) is 0 Å². The number of nitrogens with one attached hydrogen (secondary N) is 1. The molecule has 0 unspecified atom stereocenters. The zero-order chi connectivity index (χ0) is 23.7. The normalized spacial score (nSPS) is 21.1. The van der Waals surface area contributed by atoms with Gasteiger partial charge in [-0.05, 0) is 30.9 Å². The molecule has 2 aliphatic rings. The third-order valence-electron chi connectivity index (χ3n) is 6.18. The van der Waals surface area contributed by atoms with Gasteiger partial charge in [0.15, 0.2) is 0 Å². The van der Waals surface area contributed by atoms with Crippen LogP contribution in [0.1, 0.15) is 38.2 Å². The van der Waals surface area contributed by atoms with Crippen LogP contribution in [0.5, 0.6) is 0 Å². The van der Waals surface area contributed by atoms with Crippen molar-refractivity contribution in [1.82, 2.24) is 14.8 Å². The molecule has 1 atom stereocenters. The molecule has 0 spiro atoms. The lowest BCUT2D eigenvalue weighted by molar-refractivity contribution is -0.140. The van der Waals surface area contributed by atoms with Gasteiger partial charge in [0.2, 0.25) is 0 Å². The molecule has 2 fully saturated rings. The van der Waals surface area contributed by atoms with E-state index in [4.69, 9.17) is 9.47 Å². The first-order chi connectivity index (χ1) is 15.8. The topological polar surface area (TPSA) is 112 Å². The Morgan fingerprint density at radius 2 is 2.00 bits per heavy atom. The number of aliphatic hydroxyl groups is 1. The van der Waals surface area contributed by atoms with Gasteiger partial charge in [-0.3, -0.25) is 14.5 Å². The zero-order valence-corrected chi connectivity index (χ0v) is 19.7. The molecule has 0 saturated carbocycles. The van der Waals surface area contributed by atoms with E-state index in [2.05, 4.69) is 9.88 Å². The fourth-order valence-electron chi connectivity index (χ4n) is 4.47. The van der Waals surface area contributed by atoms with Crippen molar-refractivity contribution < 1.29 is 29.0 Å². The third kappa shape index (κ3) is 4.21. The van der Waals surface area contributed by atoms with Crippen molar-refractivity contribution >= 4 is 34.8 Å². The van der Waals surface area contributed by atoms with Crippen LogP contribution in [0.4, 0.5) is 0 Å². The first kappa shape index (κ1) is 23.2. The number of hydrogen-bond acceptors (Lipinski definition) is 8. The number of aromatic amines is 1. The molecule has 2 aliphatic heterocycles. The van der Waals surface area contributed by atoms with E-state index in [1.54, 1.807) is 13.8 Å². The Bertz CT molecular complexity index is 1100. The number of aromatic nitrogens is 1. The highest BCUT2D eigenvalue weighted by molar-refractivity contribution is 7.10. The van der Waals surface area contributed by atoms with E-state index in [-0.39, 0.29) is 17.0 Å². The van der Waals surface area contributed by atoms with E-state index in [1.165, 1.54) is 23.3 Å². The number of methoxy groups -OCH3 is 1. The molecule has 9 nitrogen and oxygen atoms in total. The Labute approximate surface area is 195 Å². The second kappa shape index (κ2) is 9.50. The van der Waals surface area contributed by atoms with Crippen molar-refractivity contribution in [2.24, 2.45) is 0 Å². The predicted molar refractivity (Wildman–Crippen MR) is 122 cm³/mol. The Kier molecular flexibility index (Phi) is 6.68. The van der Waals surface area contributed by atoms with Gasteiger partial charge in [-0.1, -0.05) is 6.07 Å². The molecule has 2 aromatic rings. The Hall–Kier alpha value is -2.95. The van der Waals surface area contributed by atoms with Crippen molar-refractivity contribution in [2.45, 2.75) is 19.9 Å². The lowest BCUT2D eigenvalue weighted by Gasteiger charge is -2.30. The lowest BCUT2D eigenvalue weighted by Crippen LogP contribution is -2.42. The molecule has 2 N–H and O–H groups in total. The summed E-state index contributed by atoms with van der Waals surface area (Å²) in [6.45, 7) is 7.14. The number of nitrogens with zero attached hydrogens (tertiary/aromatic N) is 2. The number of rotatable bonds is 6. The molecule has 0 bridgehead atoms. The number of aliphatic hydroxyl groups excluding tert-OH is 1. The second-order valence-electron chi connectivity index (χ2n) is 8.08. The first-order valence-electron chi connectivity index (χ1n) is 10.7. The maximum Gasteiger partial charge on any atom is 0.354 e. The van der Waals surface area contributed by atoms with Gasteiger partial charge in [-0.15, -0.1) is 11.3 Å². The van der Waals surface area contributed by atoms with E-state index in [0.717, 1.165) is 18.0 Å². The summed E-state index contributed by atoms with van der Waals surface area (Å²) in [5.41, 5.74) is 1.54. The summed E-state index contributed by atoms with van der Waals surface area (Å²) in [6.07, 6.45) is 0. The Morgan fingerprint density at radius 3 is 2.64 bits per heavy atom. The minimum atomic E-state index is -0.729. The highest BCUT2D eigenvalue weighted by Crippen LogP contribution is 2.42. The van der Waals surface area contributed by atoms with Crippen LogP contribution >= 0.6 is 11.3 Å². The van der Waals surface area contributed by atoms with Gasteiger partial charge in [0.25, 0.3) is 11.7 Å². The summed E-state index contributed by atoms with van der Waals surface area (Å²) in [5.74, 6) is -2.23. The summed E-state index contributed by atoms with van der Waals surface area (Å²) in [4.78, 5) is 45.8. The summed E-state index contributed by atoms with van der Waals surface area (Å²) in [6, 6.07) is 3.01. The standard InChI is InChI=1S/C23H27N3O6S/c1-13-16(14(2)24-18(13)23(30)31-3)20(27)17-19(15-5-4-12-33-15)26(22(29)21(17)28)7-6-25-8-10-32-11-9-25/h4-5,12,19,24,27H,6-11H2,1-3H3/t19-/m0/s1. The molecule has 1 amide bonds. The highest BCUT2D eigenvalue weighted by atomic mass is 32.1. The number of H-pyrrole nitrogens is 1. The fraction of sp³-hybridized carbons (Fsp3) is 0.435. The second-order valence-corrected chi connectivity index (χ2v) is 9.06. The quantitative estimate of drug-likeness (QED) is 0.286. The SMILES string of the molecule is COC(=O)c1[nH]c(C)c(C(O)=C2C(=O)C(=O)N(CCN3CCOCC3)[C@H]2c2cccs2)c1C. The summed E-state index contributed by atoms with van der Waals surface area (Å²) in [5, 5.41) is 13.2. The van der Waals surface area contributed by atoms with E-state index < -0.39 is 23.7 Å².